The van der Waals surface area contributed by atoms with Gasteiger partial charge in [0, 0.05) is 73.8 Å². The van der Waals surface area contributed by atoms with Gasteiger partial charge < -0.3 is 25.7 Å². The fraction of sp³-hybridized carbons (Fsp3) is 0.290. The molecular weight excluding hydrogens is 560 g/mol. The van der Waals surface area contributed by atoms with E-state index in [0.717, 1.165) is 54.8 Å². The maximum Gasteiger partial charge on any atom is 0.273 e. The van der Waals surface area contributed by atoms with Crippen molar-refractivity contribution in [2.45, 2.75) is 25.4 Å². The Bertz CT molecular complexity index is 1850. The topological polar surface area (TPSA) is 155 Å². The van der Waals surface area contributed by atoms with E-state index >= 15 is 0 Å². The van der Waals surface area contributed by atoms with Gasteiger partial charge in [0.1, 0.15) is 5.75 Å². The molecule has 0 atom stereocenters. The fourth-order valence-electron chi connectivity index (χ4n) is 5.53. The van der Waals surface area contributed by atoms with Gasteiger partial charge in [-0.1, -0.05) is 12.1 Å². The highest BCUT2D eigenvalue weighted by Crippen LogP contribution is 2.39. The fourth-order valence-corrected chi connectivity index (χ4v) is 5.53. The van der Waals surface area contributed by atoms with E-state index in [-0.39, 0.29) is 29.4 Å². The molecule has 0 radical (unpaired) electrons. The molecule has 1 saturated carbocycles. The molecule has 0 spiro atoms. The van der Waals surface area contributed by atoms with Crippen LogP contribution < -0.4 is 20.7 Å². The maximum atomic E-state index is 12.6. The molecule has 44 heavy (non-hydrogen) atoms. The Hall–Kier alpha value is -5.30. The summed E-state index contributed by atoms with van der Waals surface area (Å²) in [5, 5.41) is 22.6. The van der Waals surface area contributed by atoms with Gasteiger partial charge in [-0.25, -0.2) is 0 Å². The van der Waals surface area contributed by atoms with Crippen molar-refractivity contribution in [3.8, 4) is 16.9 Å². The molecule has 1 aliphatic heterocycles. The van der Waals surface area contributed by atoms with Crippen molar-refractivity contribution in [1.29, 1.82) is 0 Å². The lowest BCUT2D eigenvalue weighted by Crippen LogP contribution is -2.47. The molecule has 4 aromatic heterocycles. The first kappa shape index (κ1) is 27.5. The zero-order chi connectivity index (χ0) is 30.2. The summed E-state index contributed by atoms with van der Waals surface area (Å²) < 4.78 is 7.86. The van der Waals surface area contributed by atoms with Crippen molar-refractivity contribution in [3.05, 3.63) is 72.6 Å². The number of nitrogens with zero attached hydrogens (tertiary/aromatic N) is 6. The van der Waals surface area contributed by atoms with Gasteiger partial charge in [-0.3, -0.25) is 24.2 Å². The molecule has 4 N–H and O–H groups in total. The molecular formula is C31H32N10O3. The Kier molecular flexibility index (Phi) is 7.14. The first-order chi connectivity index (χ1) is 21.5. The predicted octanol–water partition coefficient (Wildman–Crippen LogP) is 3.73. The number of aromatic amines is 1. The zero-order valence-electron chi connectivity index (χ0n) is 24.4. The maximum absolute atomic E-state index is 12.6. The van der Waals surface area contributed by atoms with Gasteiger partial charge >= 0.3 is 0 Å². The number of carbonyl (C=O) groups excluding carboxylic acids is 2. The third-order valence-electron chi connectivity index (χ3n) is 8.07. The summed E-state index contributed by atoms with van der Waals surface area (Å²) in [6, 6.07) is 11.7. The first-order valence-corrected chi connectivity index (χ1v) is 14.5. The number of amides is 2. The Balaban J connectivity index is 1.09. The highest BCUT2D eigenvalue weighted by Gasteiger charge is 2.31. The minimum Gasteiger partial charge on any atom is -0.494 e. The summed E-state index contributed by atoms with van der Waals surface area (Å²) in [7, 11) is 3.12. The number of aromatic nitrogens is 6. The third-order valence-corrected chi connectivity index (χ3v) is 8.07. The molecule has 0 bridgehead atoms. The summed E-state index contributed by atoms with van der Waals surface area (Å²) in [4.78, 5) is 35.2. The summed E-state index contributed by atoms with van der Waals surface area (Å²) in [5.74, 6) is 0.341. The number of nitrogens with one attached hydrogen (secondary N) is 4. The van der Waals surface area contributed by atoms with Gasteiger partial charge in [-0.05, 0) is 31.0 Å². The molecule has 1 saturated heterocycles. The molecule has 1 aromatic carbocycles. The van der Waals surface area contributed by atoms with Crippen molar-refractivity contribution >= 4 is 39.9 Å². The minimum atomic E-state index is -0.411. The number of hydrogen-bond acceptors (Lipinski definition) is 9. The highest BCUT2D eigenvalue weighted by atomic mass is 16.5. The molecule has 2 aliphatic rings. The van der Waals surface area contributed by atoms with Crippen molar-refractivity contribution in [2.24, 2.45) is 5.92 Å². The van der Waals surface area contributed by atoms with E-state index in [9.17, 15) is 9.59 Å². The van der Waals surface area contributed by atoms with Crippen molar-refractivity contribution < 1.29 is 14.3 Å². The van der Waals surface area contributed by atoms with E-state index in [1.807, 2.05) is 53.7 Å². The Labute approximate surface area is 253 Å². The Morgan fingerprint density at radius 1 is 1.11 bits per heavy atom. The quantitative estimate of drug-likeness (QED) is 0.190. The largest absolute Gasteiger partial charge is 0.494 e. The van der Waals surface area contributed by atoms with Gasteiger partial charge in [0.05, 0.1) is 41.9 Å². The van der Waals surface area contributed by atoms with E-state index in [2.05, 4.69) is 52.2 Å². The smallest absolute Gasteiger partial charge is 0.273 e. The number of pyridine rings is 1. The summed E-state index contributed by atoms with van der Waals surface area (Å²) in [5.41, 5.74) is 4.97. The number of anilines is 3. The molecule has 224 valence electrons. The monoisotopic (exact) mass is 592 g/mol. The van der Waals surface area contributed by atoms with E-state index in [4.69, 9.17) is 4.74 Å². The Morgan fingerprint density at radius 3 is 2.77 bits per heavy atom. The van der Waals surface area contributed by atoms with Crippen LogP contribution in [-0.4, -0.2) is 73.9 Å². The number of likely N-dealkylation sites (tertiary alicyclic amines) is 1. The van der Waals surface area contributed by atoms with Gasteiger partial charge in [-0.2, -0.15) is 5.10 Å². The zero-order valence-corrected chi connectivity index (χ0v) is 24.4. The van der Waals surface area contributed by atoms with Crippen LogP contribution in [0.5, 0.6) is 5.75 Å². The van der Waals surface area contributed by atoms with Crippen LogP contribution in [0.1, 0.15) is 35.1 Å². The molecule has 13 nitrogen and oxygen atoms in total. The number of rotatable bonds is 10. The van der Waals surface area contributed by atoms with E-state index in [0.29, 0.717) is 17.1 Å². The number of hydrogen-bond donors (Lipinski definition) is 4. The van der Waals surface area contributed by atoms with Crippen molar-refractivity contribution in [1.82, 2.24) is 40.2 Å². The van der Waals surface area contributed by atoms with Crippen LogP contribution in [0, 0.1) is 5.92 Å². The average molecular weight is 593 g/mol. The average Bonchev–Trinajstić information content (AvgIpc) is 3.56. The van der Waals surface area contributed by atoms with Crippen LogP contribution in [0.25, 0.3) is 22.0 Å². The second-order valence-corrected chi connectivity index (χ2v) is 11.1. The van der Waals surface area contributed by atoms with Gasteiger partial charge in [-0.15, -0.1) is 10.2 Å². The molecule has 7 rings (SSSR count). The van der Waals surface area contributed by atoms with Crippen LogP contribution >= 0.6 is 0 Å². The minimum absolute atomic E-state index is 0.00359. The van der Waals surface area contributed by atoms with Gasteiger partial charge in [0.2, 0.25) is 5.91 Å². The Morgan fingerprint density at radius 2 is 1.98 bits per heavy atom. The summed E-state index contributed by atoms with van der Waals surface area (Å²) in [6.45, 7) is 2.52. The van der Waals surface area contributed by atoms with Crippen LogP contribution in [0.15, 0.2) is 61.2 Å². The second kappa shape index (κ2) is 11.4. The first-order valence-electron chi connectivity index (χ1n) is 14.5. The summed E-state index contributed by atoms with van der Waals surface area (Å²) >= 11 is 0. The van der Waals surface area contributed by atoms with E-state index in [1.54, 1.807) is 13.2 Å². The number of benzene rings is 1. The number of fused-ring (bicyclic) bond motifs is 1. The van der Waals surface area contributed by atoms with E-state index < -0.39 is 5.91 Å². The lowest BCUT2D eigenvalue weighted by molar-refractivity contribution is -0.117. The summed E-state index contributed by atoms with van der Waals surface area (Å²) in [6.07, 6.45) is 9.39. The molecule has 5 aromatic rings. The van der Waals surface area contributed by atoms with Crippen molar-refractivity contribution in [3.63, 3.8) is 0 Å². The molecule has 2 fully saturated rings. The number of ether oxygens (including phenoxy) is 1. The SMILES string of the molecule is CNC(=O)c1nnc(NC(=O)C2CC2)cc1Nc1cccc(-c2cnn(C3CN(Cc4nccc5cc[nH]c45)C3)c2)c1OC. The van der Waals surface area contributed by atoms with Gasteiger partial charge in [0.15, 0.2) is 11.5 Å². The van der Waals surface area contributed by atoms with Crippen LogP contribution in [0.4, 0.5) is 17.2 Å². The number of H-pyrrole nitrogens is 1. The number of para-hydroxylation sites is 1. The normalized spacial score (nSPS) is 15.1. The van der Waals surface area contributed by atoms with Crippen molar-refractivity contribution in [2.75, 3.05) is 37.9 Å². The standard InChI is InChI=1S/C31H32N10O3/c1-32-31(43)28-24(12-26(38-39-28)37-30(42)19-6-7-19)36-23-5-3-4-22(29(23)44-2)20-13-35-41(14-20)21-15-40(16-21)17-25-27-18(8-10-33-25)9-11-34-27/h3-5,8-14,19,21,34H,6-7,15-17H2,1-2H3,(H,32,43)(H2,36,37,38,42). The lowest BCUT2D eigenvalue weighted by atomic mass is 10.1. The lowest BCUT2D eigenvalue weighted by Gasteiger charge is -2.39. The number of methoxy groups -OCH3 is 1. The van der Waals surface area contributed by atoms with Crippen LogP contribution in [0.3, 0.4) is 0 Å². The molecule has 13 heteroatoms. The van der Waals surface area contributed by atoms with E-state index in [1.165, 1.54) is 12.4 Å². The second-order valence-electron chi connectivity index (χ2n) is 11.1. The number of carbonyl (C=O) groups is 2. The predicted molar refractivity (Wildman–Crippen MR) is 165 cm³/mol. The highest BCUT2D eigenvalue weighted by molar-refractivity contribution is 6.00. The third kappa shape index (κ3) is 5.33. The molecule has 1 aliphatic carbocycles. The van der Waals surface area contributed by atoms with Crippen LogP contribution in [-0.2, 0) is 11.3 Å². The molecule has 2 amide bonds. The molecule has 5 heterocycles. The van der Waals surface area contributed by atoms with Crippen LogP contribution in [0.2, 0.25) is 0 Å². The van der Waals surface area contributed by atoms with Gasteiger partial charge in [0.25, 0.3) is 5.91 Å². The molecule has 0 unspecified atom stereocenters.